The predicted molar refractivity (Wildman–Crippen MR) is 67.9 cm³/mol. The maximum Gasteiger partial charge on any atom is 0.246 e. The number of piperazine rings is 1. The molecule has 1 aliphatic carbocycles. The van der Waals surface area contributed by atoms with Gasteiger partial charge in [0.1, 0.15) is 12.1 Å². The topological polar surface area (TPSA) is 40.6 Å². The van der Waals surface area contributed by atoms with Gasteiger partial charge in [-0.25, -0.2) is 0 Å². The van der Waals surface area contributed by atoms with Gasteiger partial charge in [0.2, 0.25) is 11.8 Å². The molecule has 3 aliphatic rings. The van der Waals surface area contributed by atoms with E-state index < -0.39 is 0 Å². The zero-order valence-corrected chi connectivity index (χ0v) is 11.1. The molecule has 2 atom stereocenters. The summed E-state index contributed by atoms with van der Waals surface area (Å²) in [5.41, 5.74) is 0. The fourth-order valence-corrected chi connectivity index (χ4v) is 3.86. The summed E-state index contributed by atoms with van der Waals surface area (Å²) in [6.07, 6.45) is 7.67. The summed E-state index contributed by atoms with van der Waals surface area (Å²) < 4.78 is 0. The second-order valence-electron chi connectivity index (χ2n) is 5.90. The van der Waals surface area contributed by atoms with Gasteiger partial charge in [0.25, 0.3) is 0 Å². The van der Waals surface area contributed by atoms with Gasteiger partial charge in [-0.3, -0.25) is 9.59 Å². The van der Waals surface area contributed by atoms with Crippen molar-refractivity contribution < 1.29 is 9.59 Å². The van der Waals surface area contributed by atoms with E-state index in [9.17, 15) is 9.59 Å². The Hall–Kier alpha value is -1.06. The molecular formula is C14H22N2O2. The van der Waals surface area contributed by atoms with Gasteiger partial charge in [0, 0.05) is 12.6 Å². The smallest absolute Gasteiger partial charge is 0.246 e. The Kier molecular flexibility index (Phi) is 3.04. The van der Waals surface area contributed by atoms with Crippen molar-refractivity contribution in [3.8, 4) is 0 Å². The van der Waals surface area contributed by atoms with E-state index in [2.05, 4.69) is 0 Å². The van der Waals surface area contributed by atoms with Gasteiger partial charge in [-0.2, -0.15) is 0 Å². The first kappa shape index (κ1) is 12.0. The lowest BCUT2D eigenvalue weighted by atomic mass is 9.91. The van der Waals surface area contributed by atoms with Crippen molar-refractivity contribution >= 4 is 11.8 Å². The van der Waals surface area contributed by atoms with Crippen LogP contribution in [0.2, 0.25) is 0 Å². The molecule has 2 saturated heterocycles. The highest BCUT2D eigenvalue weighted by atomic mass is 16.2. The number of amides is 2. The minimum absolute atomic E-state index is 0.143. The number of hydrogen-bond donors (Lipinski definition) is 0. The lowest BCUT2D eigenvalue weighted by Crippen LogP contribution is -2.64. The van der Waals surface area contributed by atoms with Crippen LogP contribution in [0.25, 0.3) is 0 Å². The fraction of sp³-hybridized carbons (Fsp3) is 0.857. The van der Waals surface area contributed by atoms with Gasteiger partial charge in [-0.15, -0.1) is 0 Å². The summed E-state index contributed by atoms with van der Waals surface area (Å²) >= 11 is 0. The van der Waals surface area contributed by atoms with Crippen molar-refractivity contribution in [1.82, 2.24) is 9.80 Å². The van der Waals surface area contributed by atoms with Crippen LogP contribution in [-0.4, -0.2) is 46.3 Å². The van der Waals surface area contributed by atoms with E-state index in [-0.39, 0.29) is 23.9 Å². The molecule has 1 saturated carbocycles. The third-order valence-electron chi connectivity index (χ3n) is 4.82. The van der Waals surface area contributed by atoms with E-state index >= 15 is 0 Å². The molecule has 2 unspecified atom stereocenters. The van der Waals surface area contributed by atoms with Crippen molar-refractivity contribution in [1.29, 1.82) is 0 Å². The monoisotopic (exact) mass is 250 g/mol. The van der Waals surface area contributed by atoms with E-state index in [4.69, 9.17) is 0 Å². The summed E-state index contributed by atoms with van der Waals surface area (Å²) in [5, 5.41) is 0. The van der Waals surface area contributed by atoms with Crippen molar-refractivity contribution in [2.45, 2.75) is 70.0 Å². The van der Waals surface area contributed by atoms with E-state index in [0.29, 0.717) is 6.04 Å². The van der Waals surface area contributed by atoms with E-state index in [0.717, 1.165) is 32.2 Å². The zero-order chi connectivity index (χ0) is 12.7. The number of rotatable bonds is 1. The average molecular weight is 250 g/mol. The normalized spacial score (nSPS) is 34.1. The van der Waals surface area contributed by atoms with Crippen LogP contribution < -0.4 is 0 Å². The number of nitrogens with zero attached hydrogens (tertiary/aromatic N) is 2. The van der Waals surface area contributed by atoms with E-state index in [1.165, 1.54) is 19.3 Å². The first-order valence-corrected chi connectivity index (χ1v) is 7.33. The Morgan fingerprint density at radius 2 is 1.67 bits per heavy atom. The quantitative estimate of drug-likeness (QED) is 0.708. The molecule has 0 bridgehead atoms. The molecule has 3 fully saturated rings. The fourth-order valence-electron chi connectivity index (χ4n) is 3.86. The highest BCUT2D eigenvalue weighted by Crippen LogP contribution is 2.32. The number of carbonyl (C=O) groups excluding carboxylic acids is 2. The van der Waals surface area contributed by atoms with Gasteiger partial charge >= 0.3 is 0 Å². The molecule has 0 N–H and O–H groups in total. The van der Waals surface area contributed by atoms with E-state index in [1.807, 2.05) is 16.7 Å². The second kappa shape index (κ2) is 4.56. The molecule has 0 radical (unpaired) electrons. The predicted octanol–water partition coefficient (Wildman–Crippen LogP) is 1.54. The molecule has 0 aromatic rings. The Morgan fingerprint density at radius 1 is 0.944 bits per heavy atom. The molecule has 0 aromatic carbocycles. The molecule has 4 nitrogen and oxygen atoms in total. The van der Waals surface area contributed by atoms with Crippen LogP contribution in [0.4, 0.5) is 0 Å². The van der Waals surface area contributed by atoms with Gasteiger partial charge in [0.05, 0.1) is 0 Å². The third kappa shape index (κ3) is 1.73. The highest BCUT2D eigenvalue weighted by Gasteiger charge is 2.47. The Morgan fingerprint density at radius 3 is 2.39 bits per heavy atom. The maximum absolute atomic E-state index is 12.6. The lowest BCUT2D eigenvalue weighted by Gasteiger charge is -2.45. The van der Waals surface area contributed by atoms with Gasteiger partial charge in [-0.1, -0.05) is 19.3 Å². The molecular weight excluding hydrogens is 228 g/mol. The van der Waals surface area contributed by atoms with Crippen LogP contribution in [0.5, 0.6) is 0 Å². The highest BCUT2D eigenvalue weighted by molar-refractivity contribution is 5.97. The maximum atomic E-state index is 12.6. The Bertz CT molecular complexity index is 363. The van der Waals surface area contributed by atoms with Crippen molar-refractivity contribution in [2.75, 3.05) is 6.54 Å². The van der Waals surface area contributed by atoms with Crippen LogP contribution >= 0.6 is 0 Å². The second-order valence-corrected chi connectivity index (χ2v) is 5.90. The summed E-state index contributed by atoms with van der Waals surface area (Å²) in [4.78, 5) is 28.7. The summed E-state index contributed by atoms with van der Waals surface area (Å²) in [6, 6.07) is -0.0708. The molecule has 0 aromatic heterocycles. The van der Waals surface area contributed by atoms with Crippen LogP contribution in [0, 0.1) is 0 Å². The SMILES string of the molecule is CC1C(=O)N2CCCC2C(=O)N1C1CCCCC1. The molecule has 2 aliphatic heterocycles. The van der Waals surface area contributed by atoms with Gasteiger partial charge < -0.3 is 9.80 Å². The van der Waals surface area contributed by atoms with Crippen molar-refractivity contribution in [3.05, 3.63) is 0 Å². The lowest BCUT2D eigenvalue weighted by molar-refractivity contribution is -0.162. The van der Waals surface area contributed by atoms with E-state index in [1.54, 1.807) is 0 Å². The molecule has 100 valence electrons. The van der Waals surface area contributed by atoms with Crippen LogP contribution in [0.15, 0.2) is 0 Å². The zero-order valence-electron chi connectivity index (χ0n) is 11.1. The largest absolute Gasteiger partial charge is 0.329 e. The van der Waals surface area contributed by atoms with Gasteiger partial charge in [0.15, 0.2) is 0 Å². The third-order valence-corrected chi connectivity index (χ3v) is 4.82. The summed E-state index contributed by atoms with van der Waals surface area (Å²) in [6.45, 7) is 2.68. The first-order chi connectivity index (χ1) is 8.70. The number of hydrogen-bond acceptors (Lipinski definition) is 2. The standard InChI is InChI=1S/C14H22N2O2/c1-10-13(17)15-9-5-8-12(15)14(18)16(10)11-6-3-2-4-7-11/h10-12H,2-9H2,1H3. The van der Waals surface area contributed by atoms with Crippen LogP contribution in [-0.2, 0) is 9.59 Å². The molecule has 2 amide bonds. The van der Waals surface area contributed by atoms with Crippen molar-refractivity contribution in [2.24, 2.45) is 0 Å². The average Bonchev–Trinajstić information content (AvgIpc) is 2.87. The molecule has 4 heteroatoms. The summed E-state index contributed by atoms with van der Waals surface area (Å²) in [7, 11) is 0. The summed E-state index contributed by atoms with van der Waals surface area (Å²) in [5.74, 6) is 0.383. The van der Waals surface area contributed by atoms with Crippen molar-refractivity contribution in [3.63, 3.8) is 0 Å². The Balaban J connectivity index is 1.83. The Labute approximate surface area is 108 Å². The molecule has 2 heterocycles. The minimum Gasteiger partial charge on any atom is -0.329 e. The van der Waals surface area contributed by atoms with Crippen LogP contribution in [0.1, 0.15) is 51.9 Å². The number of carbonyl (C=O) groups is 2. The number of fused-ring (bicyclic) bond motifs is 1. The molecule has 18 heavy (non-hydrogen) atoms. The first-order valence-electron chi connectivity index (χ1n) is 7.33. The minimum atomic E-state index is -0.241. The molecule has 0 spiro atoms. The van der Waals surface area contributed by atoms with Crippen LogP contribution in [0.3, 0.4) is 0 Å². The van der Waals surface area contributed by atoms with Gasteiger partial charge in [-0.05, 0) is 32.6 Å². The molecule has 3 rings (SSSR count).